The fraction of sp³-hybridized carbons (Fsp3) is 0.320. The van der Waals surface area contributed by atoms with Gasteiger partial charge in [0.15, 0.2) is 11.5 Å². The van der Waals surface area contributed by atoms with E-state index in [1.54, 1.807) is 45.0 Å². The predicted molar refractivity (Wildman–Crippen MR) is 138 cm³/mol. The maximum Gasteiger partial charge on any atom is 0.360 e. The number of carbonyl (C=O) groups is 2. The maximum atomic E-state index is 14.8. The highest BCUT2D eigenvalue weighted by Gasteiger charge is 2.33. The molecule has 198 valence electrons. The number of thiazole rings is 1. The third kappa shape index (κ3) is 6.90. The quantitative estimate of drug-likeness (QED) is 0.379. The maximum absolute atomic E-state index is 14.8. The molecular weight excluding hydrogens is 521 g/mol. The fourth-order valence-corrected chi connectivity index (χ4v) is 5.77. The van der Waals surface area contributed by atoms with E-state index in [2.05, 4.69) is 4.98 Å². The van der Waals surface area contributed by atoms with Crippen LogP contribution in [0, 0.1) is 5.82 Å². The van der Waals surface area contributed by atoms with Crippen molar-refractivity contribution in [1.82, 2.24) is 4.98 Å². The van der Waals surface area contributed by atoms with Crippen molar-refractivity contribution in [2.45, 2.75) is 44.2 Å². The van der Waals surface area contributed by atoms with E-state index in [0.29, 0.717) is 11.3 Å². The average Bonchev–Trinajstić information content (AvgIpc) is 3.32. The number of sulfonamides is 1. The highest BCUT2D eigenvalue weighted by molar-refractivity contribution is 7.93. The van der Waals surface area contributed by atoms with E-state index in [1.165, 1.54) is 24.8 Å². The van der Waals surface area contributed by atoms with Gasteiger partial charge in [-0.05, 0) is 56.2 Å². The number of nitrogens with zero attached hydrogens (tertiary/aromatic N) is 2. The van der Waals surface area contributed by atoms with Gasteiger partial charge >= 0.3 is 5.97 Å². The number of esters is 1. The van der Waals surface area contributed by atoms with Gasteiger partial charge in [-0.3, -0.25) is 9.10 Å². The Morgan fingerprint density at radius 2 is 1.81 bits per heavy atom. The standard InChI is InChI=1S/C25H28FN3O6S2/c1-25(2,3)35-24(31)22-23(36-15-28-22)29(14-16-5-8-19(34-4)9-6-16)37(32,33)20-10-7-17(21(26)12-20)11-18(30)13-27/h5-10,12,15H,11,13-14,27H2,1-4H3. The van der Waals surface area contributed by atoms with Crippen LogP contribution in [0.1, 0.15) is 42.4 Å². The molecule has 0 spiro atoms. The molecule has 0 atom stereocenters. The minimum Gasteiger partial charge on any atom is -0.497 e. The SMILES string of the molecule is COc1ccc(CN(c2scnc2C(=O)OC(C)(C)C)S(=O)(=O)c2ccc(CC(=O)CN)c(F)c2)cc1. The summed E-state index contributed by atoms with van der Waals surface area (Å²) in [5, 5.41) is 0.0212. The lowest BCUT2D eigenvalue weighted by atomic mass is 10.1. The first-order valence-electron chi connectivity index (χ1n) is 11.2. The molecule has 0 aliphatic carbocycles. The van der Waals surface area contributed by atoms with Gasteiger partial charge in [0.2, 0.25) is 0 Å². The highest BCUT2D eigenvalue weighted by atomic mass is 32.2. The summed E-state index contributed by atoms with van der Waals surface area (Å²) in [6.45, 7) is 4.61. The molecule has 0 unspecified atom stereocenters. The number of ketones is 1. The largest absolute Gasteiger partial charge is 0.497 e. The fourth-order valence-electron chi connectivity index (χ4n) is 3.29. The number of methoxy groups -OCH3 is 1. The summed E-state index contributed by atoms with van der Waals surface area (Å²) >= 11 is 0.937. The van der Waals surface area contributed by atoms with Crippen molar-refractivity contribution >= 4 is 38.1 Å². The van der Waals surface area contributed by atoms with Gasteiger partial charge in [-0.2, -0.15) is 0 Å². The van der Waals surface area contributed by atoms with Crippen molar-refractivity contribution in [3.63, 3.8) is 0 Å². The molecule has 3 aromatic rings. The Hall–Kier alpha value is -3.35. The zero-order valence-corrected chi connectivity index (χ0v) is 22.5. The lowest BCUT2D eigenvalue weighted by Gasteiger charge is -2.25. The van der Waals surface area contributed by atoms with E-state index < -0.39 is 27.4 Å². The molecule has 0 aliphatic heterocycles. The van der Waals surface area contributed by atoms with Crippen LogP contribution in [0.3, 0.4) is 0 Å². The van der Waals surface area contributed by atoms with Crippen LogP contribution in [0.5, 0.6) is 5.75 Å². The highest BCUT2D eigenvalue weighted by Crippen LogP contribution is 2.34. The molecule has 0 saturated carbocycles. The molecule has 9 nitrogen and oxygen atoms in total. The van der Waals surface area contributed by atoms with Crippen LogP contribution in [-0.4, -0.2) is 44.4 Å². The molecular formula is C25H28FN3O6S2. The van der Waals surface area contributed by atoms with Crippen molar-refractivity contribution in [3.05, 3.63) is 70.6 Å². The number of rotatable bonds is 10. The lowest BCUT2D eigenvalue weighted by Crippen LogP contribution is -2.32. The number of anilines is 1. The second kappa shape index (κ2) is 11.4. The Kier molecular flexibility index (Phi) is 8.67. The molecule has 0 fully saturated rings. The predicted octanol–water partition coefficient (Wildman–Crippen LogP) is 3.71. The summed E-state index contributed by atoms with van der Waals surface area (Å²) in [4.78, 5) is 28.2. The number of hydrogen-bond acceptors (Lipinski definition) is 9. The van der Waals surface area contributed by atoms with Gasteiger partial charge in [-0.15, -0.1) is 11.3 Å². The number of hydrogen-bond donors (Lipinski definition) is 1. The Bertz CT molecular complexity index is 1380. The van der Waals surface area contributed by atoms with E-state index in [-0.39, 0.29) is 46.4 Å². The van der Waals surface area contributed by atoms with Crippen LogP contribution >= 0.6 is 11.3 Å². The number of aromatic nitrogens is 1. The summed E-state index contributed by atoms with van der Waals surface area (Å²) < 4.78 is 54.1. The van der Waals surface area contributed by atoms with Crippen molar-refractivity contribution in [1.29, 1.82) is 0 Å². The zero-order valence-electron chi connectivity index (χ0n) is 20.9. The molecule has 2 aromatic carbocycles. The summed E-state index contributed by atoms with van der Waals surface area (Å²) in [7, 11) is -2.89. The summed E-state index contributed by atoms with van der Waals surface area (Å²) in [5.74, 6) is -1.46. The van der Waals surface area contributed by atoms with Crippen LogP contribution < -0.4 is 14.8 Å². The normalized spacial score (nSPS) is 11.7. The van der Waals surface area contributed by atoms with Crippen molar-refractivity contribution in [2.75, 3.05) is 18.0 Å². The van der Waals surface area contributed by atoms with Gasteiger partial charge < -0.3 is 15.2 Å². The number of ether oxygens (including phenoxy) is 2. The first-order chi connectivity index (χ1) is 17.4. The van der Waals surface area contributed by atoms with E-state index >= 15 is 0 Å². The zero-order chi connectivity index (χ0) is 27.4. The third-order valence-corrected chi connectivity index (χ3v) is 7.79. The van der Waals surface area contributed by atoms with Crippen molar-refractivity contribution in [2.24, 2.45) is 5.73 Å². The number of Topliss-reactive ketones (excluding diaryl/α,β-unsaturated/α-hetero) is 1. The molecule has 1 aromatic heterocycles. The Morgan fingerprint density at radius 3 is 2.38 bits per heavy atom. The lowest BCUT2D eigenvalue weighted by molar-refractivity contribution is -0.117. The second-order valence-electron chi connectivity index (χ2n) is 9.04. The minimum absolute atomic E-state index is 0.0212. The number of benzene rings is 2. The van der Waals surface area contributed by atoms with E-state index in [4.69, 9.17) is 15.2 Å². The van der Waals surface area contributed by atoms with E-state index in [0.717, 1.165) is 21.7 Å². The minimum atomic E-state index is -4.40. The first kappa shape index (κ1) is 28.2. The molecule has 0 aliphatic rings. The monoisotopic (exact) mass is 549 g/mol. The van der Waals surface area contributed by atoms with Gasteiger partial charge in [0.1, 0.15) is 22.2 Å². The third-order valence-electron chi connectivity index (χ3n) is 5.08. The summed E-state index contributed by atoms with van der Waals surface area (Å²) in [5.41, 5.74) is 6.25. The Morgan fingerprint density at radius 1 is 1.14 bits per heavy atom. The second-order valence-corrected chi connectivity index (χ2v) is 11.7. The van der Waals surface area contributed by atoms with Gasteiger partial charge in [0.25, 0.3) is 10.0 Å². The van der Waals surface area contributed by atoms with Gasteiger partial charge in [-0.1, -0.05) is 18.2 Å². The van der Waals surface area contributed by atoms with Crippen molar-refractivity contribution in [3.8, 4) is 5.75 Å². The molecule has 1 heterocycles. The summed E-state index contributed by atoms with van der Waals surface area (Å²) in [6, 6.07) is 10.0. The first-order valence-corrected chi connectivity index (χ1v) is 13.5. The van der Waals surface area contributed by atoms with Crippen LogP contribution in [0.4, 0.5) is 9.39 Å². The van der Waals surface area contributed by atoms with Crippen LogP contribution in [0.15, 0.2) is 52.9 Å². The molecule has 2 N–H and O–H groups in total. The van der Waals surface area contributed by atoms with Crippen LogP contribution in [0.25, 0.3) is 0 Å². The smallest absolute Gasteiger partial charge is 0.360 e. The van der Waals surface area contributed by atoms with Gasteiger partial charge in [-0.25, -0.2) is 22.6 Å². The number of nitrogens with two attached hydrogens (primary N) is 1. The Labute approximate surface area is 219 Å². The molecule has 0 saturated heterocycles. The van der Waals surface area contributed by atoms with Gasteiger partial charge in [0, 0.05) is 6.42 Å². The number of carbonyl (C=O) groups excluding carboxylic acids is 2. The number of halogens is 1. The molecule has 3 rings (SSSR count). The average molecular weight is 550 g/mol. The van der Waals surface area contributed by atoms with Crippen LogP contribution in [0.2, 0.25) is 0 Å². The van der Waals surface area contributed by atoms with Gasteiger partial charge in [0.05, 0.1) is 30.6 Å². The van der Waals surface area contributed by atoms with E-state index in [9.17, 15) is 22.4 Å². The molecule has 37 heavy (non-hydrogen) atoms. The van der Waals surface area contributed by atoms with Crippen molar-refractivity contribution < 1.29 is 31.9 Å². The Balaban J connectivity index is 2.08. The van der Waals surface area contributed by atoms with E-state index in [1.807, 2.05) is 0 Å². The molecule has 0 amide bonds. The molecule has 0 radical (unpaired) electrons. The van der Waals surface area contributed by atoms with Crippen LogP contribution in [-0.2, 0) is 32.5 Å². The molecule has 0 bridgehead atoms. The summed E-state index contributed by atoms with van der Waals surface area (Å²) in [6.07, 6.45) is -0.254. The molecule has 12 heteroatoms. The topological polar surface area (TPSA) is 129 Å².